The number of halogens is 1. The molecular weight excluding hydrogens is 324 g/mol. The van der Waals surface area contributed by atoms with Crippen LogP contribution in [0.1, 0.15) is 5.56 Å². The van der Waals surface area contributed by atoms with E-state index in [2.05, 4.69) is 20.5 Å². The highest BCUT2D eigenvalue weighted by atomic mass is 35.5. The van der Waals surface area contributed by atoms with Gasteiger partial charge in [-0.3, -0.25) is 0 Å². The van der Waals surface area contributed by atoms with Crippen LogP contribution in [0.4, 0.5) is 0 Å². The fourth-order valence-corrected chi connectivity index (χ4v) is 2.49. The lowest BCUT2D eigenvalue weighted by atomic mass is 10.2. The van der Waals surface area contributed by atoms with Crippen molar-refractivity contribution >= 4 is 11.6 Å². The van der Waals surface area contributed by atoms with E-state index >= 15 is 0 Å². The van der Waals surface area contributed by atoms with Crippen LogP contribution in [0.5, 0.6) is 0 Å². The van der Waals surface area contributed by atoms with Crippen molar-refractivity contribution in [2.45, 2.75) is 6.54 Å². The van der Waals surface area contributed by atoms with Gasteiger partial charge in [0.05, 0.1) is 12.2 Å². The van der Waals surface area contributed by atoms with E-state index in [1.807, 2.05) is 65.5 Å². The molecule has 24 heavy (non-hydrogen) atoms. The molecule has 2 aromatic carbocycles. The van der Waals surface area contributed by atoms with Crippen molar-refractivity contribution in [2.24, 2.45) is 0 Å². The molecule has 2 aromatic heterocycles. The van der Waals surface area contributed by atoms with Gasteiger partial charge in [-0.2, -0.15) is 9.90 Å². The zero-order chi connectivity index (χ0) is 16.4. The molecule has 0 saturated heterocycles. The normalized spacial score (nSPS) is 10.9. The highest BCUT2D eigenvalue weighted by Crippen LogP contribution is 2.17. The van der Waals surface area contributed by atoms with Crippen LogP contribution in [-0.4, -0.2) is 30.0 Å². The molecule has 0 bridgehead atoms. The highest BCUT2D eigenvalue weighted by Gasteiger charge is 2.06. The molecule has 6 nitrogen and oxygen atoms in total. The van der Waals surface area contributed by atoms with Crippen molar-refractivity contribution in [3.8, 4) is 17.1 Å². The van der Waals surface area contributed by atoms with Crippen molar-refractivity contribution < 1.29 is 0 Å². The number of aromatic nitrogens is 6. The molecule has 2 heterocycles. The van der Waals surface area contributed by atoms with Crippen molar-refractivity contribution in [1.82, 2.24) is 30.0 Å². The number of benzene rings is 2. The fraction of sp³-hybridized carbons (Fsp3) is 0.0588. The molecule has 0 amide bonds. The van der Waals surface area contributed by atoms with Crippen LogP contribution in [0.15, 0.2) is 67.0 Å². The van der Waals surface area contributed by atoms with E-state index in [0.717, 1.165) is 16.8 Å². The first-order chi connectivity index (χ1) is 11.8. The monoisotopic (exact) mass is 336 g/mol. The Labute approximate surface area is 143 Å². The largest absolute Gasteiger partial charge is 0.241 e. The second kappa shape index (κ2) is 6.25. The molecule has 7 heteroatoms. The summed E-state index contributed by atoms with van der Waals surface area (Å²) in [6.45, 7) is 0.556. The Hall–Kier alpha value is -2.99. The Morgan fingerprint density at radius 2 is 1.75 bits per heavy atom. The molecule has 4 rings (SSSR count). The maximum absolute atomic E-state index is 5.89. The zero-order valence-electron chi connectivity index (χ0n) is 12.6. The molecule has 0 radical (unpaired) electrons. The van der Waals surface area contributed by atoms with Crippen LogP contribution in [0.2, 0.25) is 5.02 Å². The molecular formula is C17H13ClN6. The summed E-state index contributed by atoms with van der Waals surface area (Å²) in [5.41, 5.74) is 2.99. The van der Waals surface area contributed by atoms with E-state index in [4.69, 9.17) is 11.6 Å². The topological polar surface area (TPSA) is 61.4 Å². The minimum atomic E-state index is 0.556. The van der Waals surface area contributed by atoms with Crippen LogP contribution in [0.25, 0.3) is 17.1 Å². The van der Waals surface area contributed by atoms with E-state index < -0.39 is 0 Å². The molecule has 0 saturated carbocycles. The third kappa shape index (κ3) is 3.04. The zero-order valence-corrected chi connectivity index (χ0v) is 13.4. The van der Waals surface area contributed by atoms with Gasteiger partial charge in [0.1, 0.15) is 0 Å². The highest BCUT2D eigenvalue weighted by molar-refractivity contribution is 6.30. The van der Waals surface area contributed by atoms with Gasteiger partial charge >= 0.3 is 0 Å². The second-order valence-electron chi connectivity index (χ2n) is 5.27. The standard InChI is InChI=1S/C17H13ClN6/c18-15-6-4-14(5-7-15)17-20-22-24(21-17)12-13-2-8-16(9-3-13)23-11-1-10-19-23/h1-11H,12H2. The molecule has 0 fully saturated rings. The SMILES string of the molecule is Clc1ccc(-c2nnn(Cc3ccc(-n4cccn4)cc3)n2)cc1. The van der Waals surface area contributed by atoms with Crippen LogP contribution >= 0.6 is 11.6 Å². The van der Waals surface area contributed by atoms with Crippen LogP contribution in [0, 0.1) is 0 Å². The molecule has 4 aromatic rings. The van der Waals surface area contributed by atoms with Gasteiger partial charge in [-0.25, -0.2) is 4.68 Å². The summed E-state index contributed by atoms with van der Waals surface area (Å²) in [5.74, 6) is 0.583. The first kappa shape index (κ1) is 14.6. The van der Waals surface area contributed by atoms with Crippen LogP contribution in [0.3, 0.4) is 0 Å². The summed E-state index contributed by atoms with van der Waals surface area (Å²) in [5, 5.41) is 17.5. The third-order valence-electron chi connectivity index (χ3n) is 3.58. The molecule has 0 aliphatic carbocycles. The molecule has 0 aliphatic rings. The predicted molar refractivity (Wildman–Crippen MR) is 90.9 cm³/mol. The number of nitrogens with zero attached hydrogens (tertiary/aromatic N) is 6. The number of tetrazole rings is 1. The van der Waals surface area contributed by atoms with E-state index in [1.54, 1.807) is 11.0 Å². The first-order valence-corrected chi connectivity index (χ1v) is 7.78. The lowest BCUT2D eigenvalue weighted by molar-refractivity contribution is 0.572. The Kier molecular flexibility index (Phi) is 3.80. The van der Waals surface area contributed by atoms with Gasteiger partial charge in [0.25, 0.3) is 0 Å². The Bertz CT molecular complexity index is 926. The van der Waals surface area contributed by atoms with Gasteiger partial charge in [0.15, 0.2) is 0 Å². The van der Waals surface area contributed by atoms with E-state index in [1.165, 1.54) is 0 Å². The Morgan fingerprint density at radius 1 is 0.958 bits per heavy atom. The lowest BCUT2D eigenvalue weighted by Gasteiger charge is -2.03. The Morgan fingerprint density at radius 3 is 2.46 bits per heavy atom. The minimum Gasteiger partial charge on any atom is -0.241 e. The lowest BCUT2D eigenvalue weighted by Crippen LogP contribution is -2.04. The van der Waals surface area contributed by atoms with Gasteiger partial charge in [-0.05, 0) is 53.2 Å². The van der Waals surface area contributed by atoms with Crippen molar-refractivity contribution in [2.75, 3.05) is 0 Å². The summed E-state index contributed by atoms with van der Waals surface area (Å²) in [6.07, 6.45) is 3.66. The predicted octanol–water partition coefficient (Wildman–Crippen LogP) is 3.23. The molecule has 0 unspecified atom stereocenters. The van der Waals surface area contributed by atoms with Crippen LogP contribution in [-0.2, 0) is 6.54 Å². The average Bonchev–Trinajstić information content (AvgIpc) is 3.28. The van der Waals surface area contributed by atoms with E-state index in [-0.39, 0.29) is 0 Å². The van der Waals surface area contributed by atoms with Gasteiger partial charge in [0.2, 0.25) is 5.82 Å². The van der Waals surface area contributed by atoms with Crippen molar-refractivity contribution in [3.63, 3.8) is 0 Å². The maximum atomic E-state index is 5.89. The quantitative estimate of drug-likeness (QED) is 0.574. The van der Waals surface area contributed by atoms with E-state index in [0.29, 0.717) is 17.4 Å². The molecule has 0 spiro atoms. The van der Waals surface area contributed by atoms with Crippen molar-refractivity contribution in [3.05, 3.63) is 77.6 Å². The summed E-state index contributed by atoms with van der Waals surface area (Å²) in [7, 11) is 0. The van der Waals surface area contributed by atoms with Crippen LogP contribution < -0.4 is 0 Å². The average molecular weight is 337 g/mol. The summed E-state index contributed by atoms with van der Waals surface area (Å²) >= 11 is 5.89. The van der Waals surface area contributed by atoms with Crippen molar-refractivity contribution in [1.29, 1.82) is 0 Å². The summed E-state index contributed by atoms with van der Waals surface area (Å²) < 4.78 is 1.82. The number of hydrogen-bond donors (Lipinski definition) is 0. The second-order valence-corrected chi connectivity index (χ2v) is 5.70. The molecule has 0 aliphatic heterocycles. The third-order valence-corrected chi connectivity index (χ3v) is 3.84. The first-order valence-electron chi connectivity index (χ1n) is 7.41. The van der Waals surface area contributed by atoms with Gasteiger partial charge in [-0.15, -0.1) is 10.2 Å². The van der Waals surface area contributed by atoms with Gasteiger partial charge in [0, 0.05) is 23.0 Å². The maximum Gasteiger partial charge on any atom is 0.204 e. The molecule has 0 atom stereocenters. The number of rotatable bonds is 4. The van der Waals surface area contributed by atoms with Gasteiger partial charge < -0.3 is 0 Å². The summed E-state index contributed by atoms with van der Waals surface area (Å²) in [6, 6.07) is 17.4. The molecule has 0 N–H and O–H groups in total. The van der Waals surface area contributed by atoms with Gasteiger partial charge in [-0.1, -0.05) is 23.7 Å². The summed E-state index contributed by atoms with van der Waals surface area (Å²) in [4.78, 5) is 1.58. The Balaban J connectivity index is 1.50. The minimum absolute atomic E-state index is 0.556. The smallest absolute Gasteiger partial charge is 0.204 e. The fourth-order valence-electron chi connectivity index (χ4n) is 2.36. The molecule has 118 valence electrons. The van der Waals surface area contributed by atoms with E-state index in [9.17, 15) is 0 Å². The number of hydrogen-bond acceptors (Lipinski definition) is 4.